The molecule has 1 heterocycles. The van der Waals surface area contributed by atoms with Crippen molar-refractivity contribution in [3.05, 3.63) is 35.4 Å². The van der Waals surface area contributed by atoms with Gasteiger partial charge in [0.1, 0.15) is 23.7 Å². The van der Waals surface area contributed by atoms with E-state index in [9.17, 15) is 24.3 Å². The maximum Gasteiger partial charge on any atom is 0.408 e. The summed E-state index contributed by atoms with van der Waals surface area (Å²) in [5, 5.41) is 14.9. The summed E-state index contributed by atoms with van der Waals surface area (Å²) < 4.78 is 5.38. The first-order valence-corrected chi connectivity index (χ1v) is 13.4. The number of hydrogen-bond acceptors (Lipinski definition) is 6. The summed E-state index contributed by atoms with van der Waals surface area (Å²) in [6.07, 6.45) is 1.65. The molecule has 1 aliphatic rings. The van der Waals surface area contributed by atoms with Crippen molar-refractivity contribution in [2.75, 3.05) is 12.0 Å². The van der Waals surface area contributed by atoms with E-state index in [0.29, 0.717) is 5.75 Å². The van der Waals surface area contributed by atoms with Gasteiger partial charge in [-0.1, -0.05) is 45.0 Å². The number of ether oxygens (including phenoxy) is 1. The van der Waals surface area contributed by atoms with Crippen LogP contribution in [0, 0.1) is 5.41 Å². The van der Waals surface area contributed by atoms with Crippen LogP contribution in [0.2, 0.25) is 0 Å². The third kappa shape index (κ3) is 8.15. The maximum atomic E-state index is 13.9. The number of benzene rings is 1. The Bertz CT molecular complexity index is 969. The van der Waals surface area contributed by atoms with Gasteiger partial charge < -0.3 is 25.4 Å². The van der Waals surface area contributed by atoms with E-state index >= 15 is 0 Å². The molecule has 200 valence electrons. The minimum atomic E-state index is -1.12. The number of carbonyl (C=O) groups excluding carboxylic acids is 3. The number of nitrogens with zero attached hydrogens (tertiary/aromatic N) is 1. The third-order valence-corrected chi connectivity index (χ3v) is 6.48. The van der Waals surface area contributed by atoms with E-state index < -0.39 is 53.0 Å². The number of aliphatic carboxylic acids is 1. The van der Waals surface area contributed by atoms with Crippen molar-refractivity contribution >= 4 is 35.6 Å². The zero-order chi connectivity index (χ0) is 27.3. The first-order chi connectivity index (χ1) is 16.6. The summed E-state index contributed by atoms with van der Waals surface area (Å²) in [7, 11) is 0. The summed E-state index contributed by atoms with van der Waals surface area (Å²) in [6.45, 7) is 10.8. The third-order valence-electron chi connectivity index (χ3n) is 5.83. The summed E-state index contributed by atoms with van der Waals surface area (Å²) in [5.74, 6) is -1.51. The van der Waals surface area contributed by atoms with Crippen LogP contribution in [-0.4, -0.2) is 69.6 Å². The Morgan fingerprint density at radius 2 is 1.69 bits per heavy atom. The van der Waals surface area contributed by atoms with Gasteiger partial charge in [0.05, 0.1) is 0 Å². The van der Waals surface area contributed by atoms with Crippen LogP contribution in [0.25, 0.3) is 0 Å². The van der Waals surface area contributed by atoms with Crippen molar-refractivity contribution in [3.8, 4) is 0 Å². The molecule has 1 aromatic carbocycles. The highest BCUT2D eigenvalue weighted by molar-refractivity contribution is 7.98. The quantitative estimate of drug-likeness (QED) is 0.480. The molecular weight excluding hydrogens is 482 g/mol. The zero-order valence-corrected chi connectivity index (χ0v) is 23.0. The Hall–Kier alpha value is -2.75. The number of carboxylic acids is 1. The highest BCUT2D eigenvalue weighted by atomic mass is 32.2. The predicted octanol–water partition coefficient (Wildman–Crippen LogP) is 3.20. The van der Waals surface area contributed by atoms with Crippen LogP contribution in [0.3, 0.4) is 0 Å². The first kappa shape index (κ1) is 29.5. The van der Waals surface area contributed by atoms with Crippen molar-refractivity contribution in [2.24, 2.45) is 5.41 Å². The number of amides is 3. The fraction of sp³-hybridized carbons (Fsp3) is 0.615. The number of thioether (sulfide) groups is 1. The molecule has 0 saturated carbocycles. The molecule has 3 atom stereocenters. The highest BCUT2D eigenvalue weighted by Crippen LogP contribution is 2.28. The van der Waals surface area contributed by atoms with Crippen LogP contribution in [0.1, 0.15) is 59.1 Å². The lowest BCUT2D eigenvalue weighted by Gasteiger charge is -2.41. The maximum absolute atomic E-state index is 13.9. The van der Waals surface area contributed by atoms with Crippen molar-refractivity contribution < 1.29 is 29.0 Å². The van der Waals surface area contributed by atoms with Gasteiger partial charge in [0.15, 0.2) is 0 Å². The average molecular weight is 522 g/mol. The monoisotopic (exact) mass is 521 g/mol. The molecule has 0 aromatic heterocycles. The Labute approximate surface area is 217 Å². The average Bonchev–Trinajstić information content (AvgIpc) is 2.76. The summed E-state index contributed by atoms with van der Waals surface area (Å²) in [5.41, 5.74) is 0.389. The lowest BCUT2D eigenvalue weighted by Crippen LogP contribution is -2.61. The molecule has 9 nitrogen and oxygen atoms in total. The molecule has 0 bridgehead atoms. The van der Waals surface area contributed by atoms with E-state index in [2.05, 4.69) is 10.6 Å². The summed E-state index contributed by atoms with van der Waals surface area (Å²) >= 11 is 1.49. The first-order valence-electron chi connectivity index (χ1n) is 12.0. The van der Waals surface area contributed by atoms with Crippen molar-refractivity contribution in [2.45, 2.75) is 84.7 Å². The van der Waals surface area contributed by atoms with Gasteiger partial charge in [-0.05, 0) is 55.7 Å². The minimum absolute atomic E-state index is 0.165. The molecule has 1 aromatic rings. The number of carboxylic acid groups (broad SMARTS) is 1. The molecule has 0 aliphatic carbocycles. The van der Waals surface area contributed by atoms with Crippen LogP contribution >= 0.6 is 11.8 Å². The lowest BCUT2D eigenvalue weighted by molar-refractivity contribution is -0.147. The second-order valence-corrected chi connectivity index (χ2v) is 12.1. The predicted molar refractivity (Wildman–Crippen MR) is 140 cm³/mol. The Morgan fingerprint density at radius 1 is 1.08 bits per heavy atom. The lowest BCUT2D eigenvalue weighted by atomic mass is 9.84. The second kappa shape index (κ2) is 12.0. The van der Waals surface area contributed by atoms with Crippen LogP contribution < -0.4 is 10.6 Å². The van der Waals surface area contributed by atoms with Gasteiger partial charge >= 0.3 is 12.1 Å². The van der Waals surface area contributed by atoms with E-state index in [1.165, 1.54) is 16.7 Å². The van der Waals surface area contributed by atoms with Crippen LogP contribution in [0.4, 0.5) is 4.79 Å². The fourth-order valence-electron chi connectivity index (χ4n) is 3.99. The molecular formula is C26H39N3O6S. The second-order valence-electron chi connectivity index (χ2n) is 11.1. The number of carbonyl (C=O) groups is 4. The van der Waals surface area contributed by atoms with Gasteiger partial charge in [-0.15, -0.1) is 0 Å². The topological polar surface area (TPSA) is 125 Å². The van der Waals surface area contributed by atoms with Gasteiger partial charge in [0, 0.05) is 13.0 Å². The number of alkyl carbamates (subject to hydrolysis) is 1. The van der Waals surface area contributed by atoms with Gasteiger partial charge in [-0.25, -0.2) is 9.59 Å². The molecule has 10 heteroatoms. The highest BCUT2D eigenvalue weighted by Gasteiger charge is 2.43. The van der Waals surface area contributed by atoms with E-state index in [1.807, 2.05) is 51.3 Å². The van der Waals surface area contributed by atoms with Crippen LogP contribution in [0.15, 0.2) is 24.3 Å². The van der Waals surface area contributed by atoms with Crippen molar-refractivity contribution in [1.82, 2.24) is 15.5 Å². The summed E-state index contributed by atoms with van der Waals surface area (Å²) in [4.78, 5) is 53.1. The minimum Gasteiger partial charge on any atom is -0.480 e. The van der Waals surface area contributed by atoms with E-state index in [1.54, 1.807) is 20.8 Å². The number of hydrogen-bond donors (Lipinski definition) is 3. The number of fused-ring (bicyclic) bond motifs is 1. The largest absolute Gasteiger partial charge is 0.480 e. The Balaban J connectivity index is 2.38. The molecule has 2 rings (SSSR count). The van der Waals surface area contributed by atoms with Gasteiger partial charge in [0.25, 0.3) is 0 Å². The Kier molecular flexibility index (Phi) is 9.82. The molecule has 1 unspecified atom stereocenters. The van der Waals surface area contributed by atoms with Gasteiger partial charge in [0.2, 0.25) is 11.8 Å². The normalized spacial score (nSPS) is 17.4. The summed E-state index contributed by atoms with van der Waals surface area (Å²) in [6, 6.07) is 4.58. The van der Waals surface area contributed by atoms with E-state index in [-0.39, 0.29) is 19.4 Å². The molecule has 1 aliphatic heterocycles. The smallest absolute Gasteiger partial charge is 0.408 e. The number of rotatable bonds is 8. The SMILES string of the molecule is CSCC[C@@H](NC(=O)C1Cc2ccccc2CN1C(=O)[C@@H](NC(=O)OC(C)(C)C)C(C)(C)C)C(=O)O. The molecule has 0 saturated heterocycles. The fourth-order valence-corrected chi connectivity index (χ4v) is 4.46. The zero-order valence-electron chi connectivity index (χ0n) is 22.2. The van der Waals surface area contributed by atoms with Crippen molar-refractivity contribution in [1.29, 1.82) is 0 Å². The molecule has 3 amide bonds. The molecule has 3 N–H and O–H groups in total. The van der Waals surface area contributed by atoms with Gasteiger partial charge in [-0.2, -0.15) is 11.8 Å². The Morgan fingerprint density at radius 3 is 2.22 bits per heavy atom. The number of nitrogens with one attached hydrogen (secondary N) is 2. The molecule has 36 heavy (non-hydrogen) atoms. The van der Waals surface area contributed by atoms with E-state index in [0.717, 1.165) is 11.1 Å². The molecule has 0 fully saturated rings. The molecule has 0 spiro atoms. The standard InChI is InChI=1S/C26H39N3O6S/c1-25(2,3)20(28-24(34)35-26(4,5)6)22(31)29-15-17-11-9-8-10-16(17)14-19(29)21(30)27-18(23(32)33)12-13-36-7/h8-11,18-20H,12-15H2,1-7H3,(H,27,30)(H,28,34)(H,32,33)/t18-,19?,20-/m1/s1. The van der Waals surface area contributed by atoms with E-state index in [4.69, 9.17) is 4.74 Å². The van der Waals surface area contributed by atoms with Crippen molar-refractivity contribution in [3.63, 3.8) is 0 Å². The van der Waals surface area contributed by atoms with Gasteiger partial charge in [-0.3, -0.25) is 9.59 Å². The molecule has 0 radical (unpaired) electrons. The van der Waals surface area contributed by atoms with Crippen LogP contribution in [-0.2, 0) is 32.1 Å². The van der Waals surface area contributed by atoms with Crippen LogP contribution in [0.5, 0.6) is 0 Å².